The van der Waals surface area contributed by atoms with Gasteiger partial charge in [0.25, 0.3) is 0 Å². The van der Waals surface area contributed by atoms with E-state index in [2.05, 4.69) is 167 Å². The highest BCUT2D eigenvalue weighted by Gasteiger charge is 2.22. The predicted molar refractivity (Wildman–Crippen MR) is 215 cm³/mol. The van der Waals surface area contributed by atoms with Crippen molar-refractivity contribution < 1.29 is 8.83 Å². The molecule has 0 aliphatic rings. The predicted octanol–water partition coefficient (Wildman–Crippen LogP) is 13.3. The van der Waals surface area contributed by atoms with Gasteiger partial charge in [0.1, 0.15) is 22.3 Å². The Morgan fingerprint density at radius 3 is 1.58 bits per heavy atom. The molecule has 0 unspecified atom stereocenters. The van der Waals surface area contributed by atoms with Gasteiger partial charge in [-0.05, 0) is 90.0 Å². The molecule has 8 aromatic carbocycles. The molecule has 0 spiro atoms. The molecule has 0 saturated carbocycles. The van der Waals surface area contributed by atoms with Crippen molar-refractivity contribution in [3.05, 3.63) is 170 Å². The second kappa shape index (κ2) is 10.3. The molecule has 0 radical (unpaired) electrons. The average molecular weight is 665 g/mol. The van der Waals surface area contributed by atoms with Crippen molar-refractivity contribution in [3.8, 4) is 22.5 Å². The van der Waals surface area contributed by atoms with Gasteiger partial charge in [-0.2, -0.15) is 0 Å². The standard InChI is InChI=1S/C48H28N2O2/c1-2-12-31(13-3-1)49-39-18-7-4-16-36(39)45-41(49)24-22-34-35-23-25-42-46(48(35)52-47(34)45)37-17-5-8-19-40(37)50(42)32-14-10-11-29(27-32)30-21-26-44-38(28-30)33-15-6-9-20-43(33)51-44/h1-28H. The Balaban J connectivity index is 1.11. The third-order valence-corrected chi connectivity index (χ3v) is 10.9. The van der Waals surface area contributed by atoms with Gasteiger partial charge in [0, 0.05) is 43.7 Å². The summed E-state index contributed by atoms with van der Waals surface area (Å²) in [6.07, 6.45) is 0. The lowest BCUT2D eigenvalue weighted by atomic mass is 10.0. The Hall–Kier alpha value is -7.04. The van der Waals surface area contributed by atoms with Crippen LogP contribution in [0.15, 0.2) is 179 Å². The minimum atomic E-state index is 0.903. The number of para-hydroxylation sites is 4. The Labute approximate surface area is 296 Å². The van der Waals surface area contributed by atoms with Crippen LogP contribution in [0.2, 0.25) is 0 Å². The molecule has 0 aliphatic carbocycles. The lowest BCUT2D eigenvalue weighted by molar-refractivity contribution is 0.669. The fourth-order valence-electron chi connectivity index (χ4n) is 8.66. The highest BCUT2D eigenvalue weighted by atomic mass is 16.3. The molecule has 0 aliphatic heterocycles. The van der Waals surface area contributed by atoms with E-state index in [1.54, 1.807) is 0 Å². The van der Waals surface area contributed by atoms with Crippen LogP contribution in [0.1, 0.15) is 0 Å². The van der Waals surface area contributed by atoms with E-state index < -0.39 is 0 Å². The van der Waals surface area contributed by atoms with E-state index in [1.165, 1.54) is 16.3 Å². The molecule has 4 heterocycles. The first-order valence-electron chi connectivity index (χ1n) is 17.7. The van der Waals surface area contributed by atoms with Crippen LogP contribution in [0.3, 0.4) is 0 Å². The summed E-state index contributed by atoms with van der Waals surface area (Å²) in [6.45, 7) is 0. The van der Waals surface area contributed by atoms with Gasteiger partial charge in [0.2, 0.25) is 0 Å². The zero-order valence-electron chi connectivity index (χ0n) is 27.9. The SMILES string of the molecule is c1ccc(-n2c3ccccc3c3c4oc5c(ccc6c5c5ccccc5n6-c5cccc(-c6ccc7oc8ccccc8c7c6)c5)c4ccc32)cc1. The number of benzene rings is 8. The van der Waals surface area contributed by atoms with Crippen molar-refractivity contribution in [1.29, 1.82) is 0 Å². The molecular formula is C48H28N2O2. The van der Waals surface area contributed by atoms with E-state index >= 15 is 0 Å². The summed E-state index contributed by atoms with van der Waals surface area (Å²) in [4.78, 5) is 0. The summed E-state index contributed by atoms with van der Waals surface area (Å²) in [6, 6.07) is 60.5. The molecule has 4 heteroatoms. The summed E-state index contributed by atoms with van der Waals surface area (Å²) in [5, 5.41) is 9.13. The quantitative estimate of drug-likeness (QED) is 0.188. The van der Waals surface area contributed by atoms with Crippen molar-refractivity contribution in [1.82, 2.24) is 9.13 Å². The third-order valence-electron chi connectivity index (χ3n) is 10.9. The zero-order chi connectivity index (χ0) is 33.9. The third kappa shape index (κ3) is 3.70. The van der Waals surface area contributed by atoms with Crippen LogP contribution >= 0.6 is 0 Å². The molecule has 0 bridgehead atoms. The van der Waals surface area contributed by atoms with Crippen LogP contribution in [-0.2, 0) is 0 Å². The van der Waals surface area contributed by atoms with E-state index in [4.69, 9.17) is 8.83 Å². The minimum Gasteiger partial charge on any atom is -0.456 e. The zero-order valence-corrected chi connectivity index (χ0v) is 27.9. The molecule has 242 valence electrons. The van der Waals surface area contributed by atoms with Gasteiger partial charge in [-0.25, -0.2) is 0 Å². The van der Waals surface area contributed by atoms with Gasteiger partial charge in [-0.1, -0.05) is 91.0 Å². The van der Waals surface area contributed by atoms with Gasteiger partial charge in [-0.3, -0.25) is 0 Å². The summed E-state index contributed by atoms with van der Waals surface area (Å²) in [7, 11) is 0. The summed E-state index contributed by atoms with van der Waals surface area (Å²) in [5.74, 6) is 0. The molecule has 12 rings (SSSR count). The molecule has 4 nitrogen and oxygen atoms in total. The minimum absolute atomic E-state index is 0.903. The number of furan rings is 2. The number of rotatable bonds is 3. The van der Waals surface area contributed by atoms with E-state index in [-0.39, 0.29) is 0 Å². The van der Waals surface area contributed by atoms with Crippen molar-refractivity contribution >= 4 is 87.5 Å². The van der Waals surface area contributed by atoms with Gasteiger partial charge in [0.05, 0.1) is 32.8 Å². The number of aromatic nitrogens is 2. The lowest BCUT2D eigenvalue weighted by Gasteiger charge is -2.10. The Morgan fingerprint density at radius 1 is 0.308 bits per heavy atom. The molecule has 4 aromatic heterocycles. The number of fused-ring (bicyclic) bond motifs is 14. The largest absolute Gasteiger partial charge is 0.456 e. The molecule has 52 heavy (non-hydrogen) atoms. The summed E-state index contributed by atoms with van der Waals surface area (Å²) < 4.78 is 18.0. The van der Waals surface area contributed by atoms with Crippen molar-refractivity contribution in [2.75, 3.05) is 0 Å². The highest BCUT2D eigenvalue weighted by Crippen LogP contribution is 2.45. The average Bonchev–Trinajstić information content (AvgIpc) is 3.95. The second-order valence-corrected chi connectivity index (χ2v) is 13.7. The lowest BCUT2D eigenvalue weighted by Crippen LogP contribution is -1.94. The number of hydrogen-bond acceptors (Lipinski definition) is 2. The van der Waals surface area contributed by atoms with E-state index in [1.807, 2.05) is 12.1 Å². The monoisotopic (exact) mass is 664 g/mol. The summed E-state index contributed by atoms with van der Waals surface area (Å²) in [5.41, 5.74) is 12.8. The smallest absolute Gasteiger partial charge is 0.145 e. The van der Waals surface area contributed by atoms with Crippen LogP contribution < -0.4 is 0 Å². The van der Waals surface area contributed by atoms with E-state index in [0.29, 0.717) is 0 Å². The van der Waals surface area contributed by atoms with Crippen molar-refractivity contribution in [2.45, 2.75) is 0 Å². The molecule has 0 saturated heterocycles. The molecule has 0 atom stereocenters. The number of hydrogen-bond donors (Lipinski definition) is 0. The maximum Gasteiger partial charge on any atom is 0.145 e. The van der Waals surface area contributed by atoms with Gasteiger partial charge in [-0.15, -0.1) is 0 Å². The normalized spacial score (nSPS) is 12.2. The molecule has 0 amide bonds. The molecule has 0 N–H and O–H groups in total. The topological polar surface area (TPSA) is 36.1 Å². The van der Waals surface area contributed by atoms with Gasteiger partial charge >= 0.3 is 0 Å². The maximum atomic E-state index is 7.12. The molecule has 12 aromatic rings. The Bertz CT molecular complexity index is 3410. The van der Waals surface area contributed by atoms with Crippen LogP contribution in [-0.4, -0.2) is 9.13 Å². The van der Waals surface area contributed by atoms with Crippen LogP contribution in [0.5, 0.6) is 0 Å². The van der Waals surface area contributed by atoms with Crippen LogP contribution in [0, 0.1) is 0 Å². The van der Waals surface area contributed by atoms with Crippen LogP contribution in [0.4, 0.5) is 0 Å². The first-order valence-corrected chi connectivity index (χ1v) is 17.7. The second-order valence-electron chi connectivity index (χ2n) is 13.7. The fraction of sp³-hybridized carbons (Fsp3) is 0. The van der Waals surface area contributed by atoms with Gasteiger partial charge < -0.3 is 18.0 Å². The molecule has 0 fully saturated rings. The van der Waals surface area contributed by atoms with E-state index in [0.717, 1.165) is 93.7 Å². The number of nitrogens with zero attached hydrogens (tertiary/aromatic N) is 2. The highest BCUT2D eigenvalue weighted by molar-refractivity contribution is 6.29. The molecular weight excluding hydrogens is 637 g/mol. The van der Waals surface area contributed by atoms with Crippen LogP contribution in [0.25, 0.3) is 110 Å². The first kappa shape index (κ1) is 27.7. The van der Waals surface area contributed by atoms with E-state index in [9.17, 15) is 0 Å². The Morgan fingerprint density at radius 2 is 0.865 bits per heavy atom. The Kier molecular flexibility index (Phi) is 5.47. The van der Waals surface area contributed by atoms with Crippen molar-refractivity contribution in [3.63, 3.8) is 0 Å². The van der Waals surface area contributed by atoms with Crippen molar-refractivity contribution in [2.24, 2.45) is 0 Å². The maximum absolute atomic E-state index is 7.12. The van der Waals surface area contributed by atoms with Gasteiger partial charge in [0.15, 0.2) is 0 Å². The first-order chi connectivity index (χ1) is 25.8. The fourth-order valence-corrected chi connectivity index (χ4v) is 8.66. The summed E-state index contributed by atoms with van der Waals surface area (Å²) >= 11 is 0.